The Morgan fingerprint density at radius 2 is 1.88 bits per heavy atom. The summed E-state index contributed by atoms with van der Waals surface area (Å²) in [6.07, 6.45) is 0.708. The van der Waals surface area contributed by atoms with Crippen molar-refractivity contribution in [2.24, 2.45) is 11.3 Å². The standard InChI is InChI=1S/C24H33BrN4O4/c1-23(2,3)17(11-24(4,5)28-22(32)33)21(31)29-13-16(30)10-19(29)20-26-12-18(27-20)14-6-8-15(25)9-7-14/h6-9,12,16-17,19,28,30H,10-11,13H2,1-5H3,(H,26,27)(H,32,33)/t16-,17-,19+/m1/s1. The minimum Gasteiger partial charge on any atom is -0.465 e. The Kier molecular flexibility index (Phi) is 7.24. The number of halogens is 1. The van der Waals surface area contributed by atoms with E-state index in [0.717, 1.165) is 15.7 Å². The van der Waals surface area contributed by atoms with Gasteiger partial charge in [0.1, 0.15) is 5.82 Å². The summed E-state index contributed by atoms with van der Waals surface area (Å²) in [5.74, 6) is 0.0763. The van der Waals surface area contributed by atoms with Gasteiger partial charge in [0.2, 0.25) is 5.91 Å². The SMILES string of the molecule is CC(C)(C[C@H](C(=O)N1C[C@H](O)C[C@H]1c1ncc(-c2ccc(Br)cc2)[nH]1)C(C)(C)C)NC(=O)O. The summed E-state index contributed by atoms with van der Waals surface area (Å²) >= 11 is 3.44. The van der Waals surface area contributed by atoms with E-state index >= 15 is 0 Å². The fourth-order valence-electron chi connectivity index (χ4n) is 4.41. The average molecular weight is 521 g/mol. The smallest absolute Gasteiger partial charge is 0.405 e. The molecule has 2 aromatic rings. The Balaban J connectivity index is 1.87. The summed E-state index contributed by atoms with van der Waals surface area (Å²) in [6.45, 7) is 9.71. The zero-order chi connectivity index (χ0) is 24.6. The Morgan fingerprint density at radius 3 is 2.45 bits per heavy atom. The molecule has 1 aromatic carbocycles. The second kappa shape index (κ2) is 9.46. The molecule has 3 atom stereocenters. The van der Waals surface area contributed by atoms with Gasteiger partial charge < -0.3 is 25.4 Å². The molecular formula is C24H33BrN4O4. The van der Waals surface area contributed by atoms with Crippen LogP contribution in [0.3, 0.4) is 0 Å². The van der Waals surface area contributed by atoms with Crippen LogP contribution in [0.5, 0.6) is 0 Å². The molecule has 0 unspecified atom stereocenters. The highest BCUT2D eigenvalue weighted by atomic mass is 79.9. The number of carbonyl (C=O) groups excluding carboxylic acids is 1. The molecule has 180 valence electrons. The molecule has 4 N–H and O–H groups in total. The van der Waals surface area contributed by atoms with Crippen molar-refractivity contribution in [3.8, 4) is 11.3 Å². The molecule has 0 aliphatic carbocycles. The number of H-pyrrole nitrogens is 1. The van der Waals surface area contributed by atoms with Crippen LogP contribution in [0.1, 0.15) is 59.3 Å². The van der Waals surface area contributed by atoms with Crippen molar-refractivity contribution in [2.75, 3.05) is 6.54 Å². The molecule has 33 heavy (non-hydrogen) atoms. The summed E-state index contributed by atoms with van der Waals surface area (Å²) in [7, 11) is 0. The maximum absolute atomic E-state index is 13.8. The van der Waals surface area contributed by atoms with Crippen LogP contribution in [0.2, 0.25) is 0 Å². The van der Waals surface area contributed by atoms with Crippen molar-refractivity contribution < 1.29 is 19.8 Å². The lowest BCUT2D eigenvalue weighted by Crippen LogP contribution is -2.50. The van der Waals surface area contributed by atoms with Crippen molar-refractivity contribution in [3.63, 3.8) is 0 Å². The van der Waals surface area contributed by atoms with E-state index in [1.54, 1.807) is 24.9 Å². The van der Waals surface area contributed by atoms with Crippen LogP contribution in [0.25, 0.3) is 11.3 Å². The van der Waals surface area contributed by atoms with Gasteiger partial charge in [-0.25, -0.2) is 9.78 Å². The molecular weight excluding hydrogens is 488 g/mol. The zero-order valence-corrected chi connectivity index (χ0v) is 21.3. The van der Waals surface area contributed by atoms with Crippen LogP contribution >= 0.6 is 15.9 Å². The molecule has 2 heterocycles. The largest absolute Gasteiger partial charge is 0.465 e. The van der Waals surface area contributed by atoms with Gasteiger partial charge in [-0.15, -0.1) is 0 Å². The van der Waals surface area contributed by atoms with Gasteiger partial charge in [-0.1, -0.05) is 48.8 Å². The topological polar surface area (TPSA) is 119 Å². The molecule has 0 saturated carbocycles. The third-order valence-electron chi connectivity index (χ3n) is 6.13. The van der Waals surface area contributed by atoms with Gasteiger partial charge in [-0.3, -0.25) is 4.79 Å². The quantitative estimate of drug-likeness (QED) is 0.444. The lowest BCUT2D eigenvalue weighted by molar-refractivity contribution is -0.141. The van der Waals surface area contributed by atoms with Crippen molar-refractivity contribution in [2.45, 2.75) is 65.1 Å². The number of carboxylic acid groups (broad SMARTS) is 1. The van der Waals surface area contributed by atoms with E-state index in [1.807, 2.05) is 45.0 Å². The molecule has 0 spiro atoms. The van der Waals surface area contributed by atoms with E-state index in [1.165, 1.54) is 0 Å². The van der Waals surface area contributed by atoms with Crippen LogP contribution in [0.15, 0.2) is 34.9 Å². The number of β-amino-alcohol motifs (C(OH)–C–C–N with tert-alkyl or cyclic N) is 1. The number of benzene rings is 1. The van der Waals surface area contributed by atoms with Crippen molar-refractivity contribution in [1.29, 1.82) is 0 Å². The number of hydrogen-bond acceptors (Lipinski definition) is 4. The number of nitrogens with one attached hydrogen (secondary N) is 2. The summed E-state index contributed by atoms with van der Waals surface area (Å²) in [5, 5.41) is 22.2. The second-order valence-electron chi connectivity index (χ2n) is 10.5. The lowest BCUT2D eigenvalue weighted by atomic mass is 9.73. The molecule has 0 bridgehead atoms. The third kappa shape index (κ3) is 6.14. The molecule has 1 saturated heterocycles. The monoisotopic (exact) mass is 520 g/mol. The molecule has 1 aromatic heterocycles. The maximum atomic E-state index is 13.8. The number of aromatic amines is 1. The van der Waals surface area contributed by atoms with Crippen LogP contribution in [-0.4, -0.2) is 55.3 Å². The number of imidazole rings is 1. The molecule has 8 nitrogen and oxygen atoms in total. The highest BCUT2D eigenvalue weighted by Crippen LogP contribution is 2.39. The van der Waals surface area contributed by atoms with E-state index < -0.39 is 29.1 Å². The number of aliphatic hydroxyl groups excluding tert-OH is 1. The number of carbonyl (C=O) groups is 2. The first-order valence-corrected chi connectivity index (χ1v) is 11.9. The highest BCUT2D eigenvalue weighted by Gasteiger charge is 2.44. The normalized spacial score (nSPS) is 20.0. The average Bonchev–Trinajstić information content (AvgIpc) is 3.31. The van der Waals surface area contributed by atoms with Gasteiger partial charge in [0.05, 0.1) is 24.0 Å². The second-order valence-corrected chi connectivity index (χ2v) is 11.4. The molecule has 1 aliphatic heterocycles. The van der Waals surface area contributed by atoms with E-state index in [9.17, 15) is 19.8 Å². The van der Waals surface area contributed by atoms with Gasteiger partial charge >= 0.3 is 6.09 Å². The van der Waals surface area contributed by atoms with Gasteiger partial charge in [-0.05, 0) is 43.4 Å². The fourth-order valence-corrected chi connectivity index (χ4v) is 4.68. The number of nitrogens with zero attached hydrogens (tertiary/aromatic N) is 2. The molecule has 9 heteroatoms. The number of aromatic nitrogens is 2. The highest BCUT2D eigenvalue weighted by molar-refractivity contribution is 9.10. The first kappa shape index (κ1) is 25.2. The fraction of sp³-hybridized carbons (Fsp3) is 0.542. The summed E-state index contributed by atoms with van der Waals surface area (Å²) in [4.78, 5) is 34.6. The molecule has 2 amide bonds. The van der Waals surface area contributed by atoms with E-state index in [-0.39, 0.29) is 18.5 Å². The molecule has 3 rings (SSSR count). The predicted molar refractivity (Wildman–Crippen MR) is 130 cm³/mol. The van der Waals surface area contributed by atoms with Crippen LogP contribution < -0.4 is 5.32 Å². The van der Waals surface area contributed by atoms with Crippen LogP contribution in [-0.2, 0) is 4.79 Å². The molecule has 1 aliphatic rings. The summed E-state index contributed by atoms with van der Waals surface area (Å²) < 4.78 is 0.982. The van der Waals surface area contributed by atoms with Gasteiger partial charge in [-0.2, -0.15) is 0 Å². The number of likely N-dealkylation sites (tertiary alicyclic amines) is 1. The van der Waals surface area contributed by atoms with Crippen molar-refractivity contribution >= 4 is 27.9 Å². The zero-order valence-electron chi connectivity index (χ0n) is 19.7. The maximum Gasteiger partial charge on any atom is 0.405 e. The Morgan fingerprint density at radius 1 is 1.24 bits per heavy atom. The Labute approximate surface area is 202 Å². The summed E-state index contributed by atoms with van der Waals surface area (Å²) in [6, 6.07) is 7.47. The van der Waals surface area contributed by atoms with Crippen molar-refractivity contribution in [3.05, 3.63) is 40.8 Å². The van der Waals surface area contributed by atoms with Crippen molar-refractivity contribution in [1.82, 2.24) is 20.2 Å². The molecule has 1 fully saturated rings. The third-order valence-corrected chi connectivity index (χ3v) is 6.66. The number of aliphatic hydroxyl groups is 1. The van der Waals surface area contributed by atoms with Gasteiger partial charge in [0.25, 0.3) is 0 Å². The number of amides is 2. The minimum atomic E-state index is -1.12. The predicted octanol–water partition coefficient (Wildman–Crippen LogP) is 4.57. The molecule has 0 radical (unpaired) electrons. The van der Waals surface area contributed by atoms with Gasteiger partial charge in [0.15, 0.2) is 0 Å². The van der Waals surface area contributed by atoms with E-state index in [4.69, 9.17) is 0 Å². The Bertz CT molecular complexity index is 997. The van der Waals surface area contributed by atoms with Gasteiger partial charge in [0, 0.05) is 28.9 Å². The van der Waals surface area contributed by atoms with Crippen LogP contribution in [0, 0.1) is 11.3 Å². The minimum absolute atomic E-state index is 0.106. The van der Waals surface area contributed by atoms with Crippen LogP contribution in [0.4, 0.5) is 4.79 Å². The number of rotatable bonds is 6. The first-order valence-electron chi connectivity index (χ1n) is 11.1. The lowest BCUT2D eigenvalue weighted by Gasteiger charge is -2.39. The summed E-state index contributed by atoms with van der Waals surface area (Å²) in [5.41, 5.74) is 0.623. The van der Waals surface area contributed by atoms with E-state index in [2.05, 4.69) is 31.2 Å². The number of hydrogen-bond donors (Lipinski definition) is 4. The van der Waals surface area contributed by atoms with E-state index in [0.29, 0.717) is 18.7 Å². The first-order chi connectivity index (χ1) is 15.3. The Hall–Kier alpha value is -2.39.